The molecule has 0 aliphatic carbocycles. The van der Waals surface area contributed by atoms with Crippen molar-refractivity contribution in [3.63, 3.8) is 0 Å². The number of carboxylic acids is 1. The van der Waals surface area contributed by atoms with Crippen LogP contribution in [0.5, 0.6) is 0 Å². The molecule has 2 amide bonds. The molecular formula is C38H54N2O12. The van der Waals surface area contributed by atoms with Crippen molar-refractivity contribution in [2.24, 2.45) is 0 Å². The topological polar surface area (TPSA) is 175 Å². The number of benzene rings is 2. The number of aliphatic carboxylic acids is 1. The molecule has 0 aromatic heterocycles. The first kappa shape index (κ1) is 44.9. The van der Waals surface area contributed by atoms with Crippen LogP contribution in [0.2, 0.25) is 0 Å². The lowest BCUT2D eigenvalue weighted by molar-refractivity contribution is -0.148. The van der Waals surface area contributed by atoms with Crippen LogP contribution < -0.4 is 0 Å². The molecule has 288 valence electrons. The molecule has 52 heavy (non-hydrogen) atoms. The minimum absolute atomic E-state index is 0.0168. The molecular weight excluding hydrogens is 676 g/mol. The van der Waals surface area contributed by atoms with Crippen LogP contribution in [0, 0.1) is 0 Å². The number of hydrogen-bond acceptors (Lipinski definition) is 11. The Labute approximate surface area is 306 Å². The number of nitrogens with zero attached hydrogens (tertiary/aromatic N) is 2. The van der Waals surface area contributed by atoms with Crippen LogP contribution in [-0.2, 0) is 56.1 Å². The van der Waals surface area contributed by atoms with E-state index in [1.165, 1.54) is 18.9 Å². The van der Waals surface area contributed by atoms with Crippen molar-refractivity contribution in [2.75, 3.05) is 20.7 Å². The molecule has 0 aliphatic heterocycles. The Morgan fingerprint density at radius 3 is 1.42 bits per heavy atom. The summed E-state index contributed by atoms with van der Waals surface area (Å²) < 4.78 is 25.9. The zero-order valence-corrected chi connectivity index (χ0v) is 31.7. The van der Waals surface area contributed by atoms with Gasteiger partial charge in [-0.25, -0.2) is 14.4 Å². The third-order valence-corrected chi connectivity index (χ3v) is 6.93. The summed E-state index contributed by atoms with van der Waals surface area (Å²) in [5, 5.41) is 9.31. The number of ether oxygens (including phenoxy) is 5. The fourth-order valence-electron chi connectivity index (χ4n) is 4.19. The number of amides is 2. The van der Waals surface area contributed by atoms with Crippen LogP contribution in [0.15, 0.2) is 60.7 Å². The van der Waals surface area contributed by atoms with Gasteiger partial charge in [-0.1, -0.05) is 60.7 Å². The van der Waals surface area contributed by atoms with Crippen molar-refractivity contribution in [3.05, 3.63) is 71.8 Å². The minimum atomic E-state index is -1.20. The van der Waals surface area contributed by atoms with Gasteiger partial charge in [0.2, 0.25) is 0 Å². The van der Waals surface area contributed by atoms with E-state index in [1.54, 1.807) is 48.6 Å². The van der Waals surface area contributed by atoms with E-state index in [9.17, 15) is 33.9 Å². The Balaban J connectivity index is 0.000000522. The third-order valence-electron chi connectivity index (χ3n) is 6.93. The fourth-order valence-corrected chi connectivity index (χ4v) is 4.19. The number of carbonyl (C=O) groups excluding carboxylic acids is 5. The molecule has 1 N–H and O–H groups in total. The van der Waals surface area contributed by atoms with Gasteiger partial charge in [-0.3, -0.25) is 19.3 Å². The summed E-state index contributed by atoms with van der Waals surface area (Å²) >= 11 is 0. The van der Waals surface area contributed by atoms with E-state index in [0.717, 1.165) is 16.0 Å². The van der Waals surface area contributed by atoms with Crippen molar-refractivity contribution in [1.82, 2.24) is 9.80 Å². The highest BCUT2D eigenvalue weighted by Crippen LogP contribution is 2.16. The first-order valence-electron chi connectivity index (χ1n) is 16.9. The molecule has 0 unspecified atom stereocenters. The summed E-state index contributed by atoms with van der Waals surface area (Å²) in [5.41, 5.74) is 0.360. The van der Waals surface area contributed by atoms with Crippen LogP contribution in [0.25, 0.3) is 0 Å². The molecule has 2 aromatic rings. The van der Waals surface area contributed by atoms with Crippen LogP contribution in [0.4, 0.5) is 9.59 Å². The van der Waals surface area contributed by atoms with E-state index in [0.29, 0.717) is 0 Å². The van der Waals surface area contributed by atoms with Gasteiger partial charge in [0.05, 0.1) is 6.04 Å². The summed E-state index contributed by atoms with van der Waals surface area (Å²) in [6, 6.07) is 16.9. The molecule has 0 saturated carbocycles. The van der Waals surface area contributed by atoms with E-state index in [4.69, 9.17) is 23.7 Å². The predicted molar refractivity (Wildman–Crippen MR) is 191 cm³/mol. The minimum Gasteiger partial charge on any atom is -0.480 e. The van der Waals surface area contributed by atoms with Gasteiger partial charge in [0.25, 0.3) is 0 Å². The van der Waals surface area contributed by atoms with Crippen LogP contribution >= 0.6 is 0 Å². The van der Waals surface area contributed by atoms with E-state index >= 15 is 0 Å². The first-order chi connectivity index (χ1) is 24.2. The Kier molecular flexibility index (Phi) is 18.9. The van der Waals surface area contributed by atoms with Crippen LogP contribution in [0.3, 0.4) is 0 Å². The molecule has 0 radical (unpaired) electrons. The zero-order chi connectivity index (χ0) is 39.5. The van der Waals surface area contributed by atoms with Gasteiger partial charge in [0, 0.05) is 33.9 Å². The highest BCUT2D eigenvalue weighted by Gasteiger charge is 2.31. The SMILES string of the molecule is CC(=O)OC[C@H](CCC(=O)OCc1ccccc1)N(C)C(=O)OC(C)(C)C.CN(C(=O)OC(C)(C)C)[C@@H](CCC(=O)OCc1ccccc1)C(=O)O. The van der Waals surface area contributed by atoms with Gasteiger partial charge >= 0.3 is 36.1 Å². The maximum Gasteiger partial charge on any atom is 0.410 e. The van der Waals surface area contributed by atoms with Crippen molar-refractivity contribution < 1.29 is 57.6 Å². The van der Waals surface area contributed by atoms with Crippen molar-refractivity contribution in [2.45, 2.75) is 111 Å². The first-order valence-corrected chi connectivity index (χ1v) is 16.9. The summed E-state index contributed by atoms with van der Waals surface area (Å²) in [7, 11) is 2.89. The molecule has 0 aliphatic rings. The lowest BCUT2D eigenvalue weighted by Crippen LogP contribution is -2.45. The zero-order valence-electron chi connectivity index (χ0n) is 31.7. The van der Waals surface area contributed by atoms with E-state index < -0.39 is 53.4 Å². The maximum atomic E-state index is 12.2. The Morgan fingerprint density at radius 2 is 1.04 bits per heavy atom. The Hall–Kier alpha value is -5.14. The molecule has 0 bridgehead atoms. The Bertz CT molecular complexity index is 1440. The lowest BCUT2D eigenvalue weighted by atomic mass is 10.1. The molecule has 0 heterocycles. The molecule has 0 saturated heterocycles. The second-order valence-electron chi connectivity index (χ2n) is 13.9. The maximum absolute atomic E-state index is 12.2. The van der Waals surface area contributed by atoms with Gasteiger partial charge in [-0.2, -0.15) is 0 Å². The quantitative estimate of drug-likeness (QED) is 0.164. The number of rotatable bonds is 15. The average molecular weight is 731 g/mol. The highest BCUT2D eigenvalue weighted by atomic mass is 16.6. The van der Waals surface area contributed by atoms with E-state index in [1.807, 2.05) is 60.7 Å². The summed E-state index contributed by atoms with van der Waals surface area (Å²) in [6.07, 6.45) is -1.09. The largest absolute Gasteiger partial charge is 0.480 e. The number of carboxylic acid groups (broad SMARTS) is 1. The van der Waals surface area contributed by atoms with Gasteiger partial charge in [-0.05, 0) is 65.5 Å². The fraction of sp³-hybridized carbons (Fsp3) is 0.526. The van der Waals surface area contributed by atoms with Crippen LogP contribution in [-0.4, -0.2) is 95.0 Å². The second-order valence-corrected chi connectivity index (χ2v) is 13.9. The molecule has 2 atom stereocenters. The molecule has 2 aromatic carbocycles. The Morgan fingerprint density at radius 1 is 0.635 bits per heavy atom. The summed E-state index contributed by atoms with van der Waals surface area (Å²) in [5.74, 6) is -2.56. The monoisotopic (exact) mass is 730 g/mol. The van der Waals surface area contributed by atoms with Crippen LogP contribution in [0.1, 0.15) is 85.3 Å². The number of carbonyl (C=O) groups is 6. The molecule has 14 heteroatoms. The van der Waals surface area contributed by atoms with Gasteiger partial charge < -0.3 is 33.7 Å². The second kappa shape index (κ2) is 21.9. The molecule has 14 nitrogen and oxygen atoms in total. The predicted octanol–water partition coefficient (Wildman–Crippen LogP) is 6.14. The standard InChI is InChI=1S/C20H29NO6.C18H25NO6/c1-15(22)25-14-17(21(5)19(24)27-20(2,3)4)11-12-18(23)26-13-16-9-7-6-8-10-16;1-18(2,3)25-17(23)19(4)14(16(21)22)10-11-15(20)24-12-13-8-6-5-7-9-13/h6-10,17H,11-14H2,1-5H3;5-9,14H,10-12H2,1-4H3,(H,21,22)/t17-;14-/m00/s1. The van der Waals surface area contributed by atoms with Gasteiger partial charge in [0.15, 0.2) is 0 Å². The summed E-state index contributed by atoms with van der Waals surface area (Å²) in [4.78, 5) is 72.9. The highest BCUT2D eigenvalue weighted by molar-refractivity contribution is 5.81. The van der Waals surface area contributed by atoms with E-state index in [2.05, 4.69) is 0 Å². The number of esters is 3. The number of likely N-dealkylation sites (N-methyl/N-ethyl adjacent to an activating group) is 2. The number of hydrogen-bond donors (Lipinski definition) is 1. The van der Waals surface area contributed by atoms with Gasteiger partial charge in [0.1, 0.15) is 37.1 Å². The van der Waals surface area contributed by atoms with E-state index in [-0.39, 0.29) is 51.5 Å². The van der Waals surface area contributed by atoms with Crippen molar-refractivity contribution >= 4 is 36.1 Å². The molecule has 2 rings (SSSR count). The smallest absolute Gasteiger partial charge is 0.410 e. The lowest BCUT2D eigenvalue weighted by Gasteiger charge is -2.30. The van der Waals surface area contributed by atoms with Crippen molar-refractivity contribution in [1.29, 1.82) is 0 Å². The normalized spacial score (nSPS) is 12.1. The average Bonchev–Trinajstić information content (AvgIpc) is 3.05. The summed E-state index contributed by atoms with van der Waals surface area (Å²) in [6.45, 7) is 12.0. The molecule has 0 spiro atoms. The third kappa shape index (κ3) is 19.9. The van der Waals surface area contributed by atoms with Crippen molar-refractivity contribution in [3.8, 4) is 0 Å². The molecule has 0 fully saturated rings. The van der Waals surface area contributed by atoms with Gasteiger partial charge in [-0.15, -0.1) is 0 Å².